The van der Waals surface area contributed by atoms with E-state index in [0.717, 1.165) is 6.42 Å². The van der Waals surface area contributed by atoms with Gasteiger partial charge >= 0.3 is 5.97 Å². The van der Waals surface area contributed by atoms with E-state index in [1.54, 1.807) is 6.92 Å². The van der Waals surface area contributed by atoms with Crippen molar-refractivity contribution in [2.75, 3.05) is 6.54 Å². The molecule has 16 heavy (non-hydrogen) atoms. The topological polar surface area (TPSA) is 86.3 Å². The summed E-state index contributed by atoms with van der Waals surface area (Å²) in [4.78, 5) is 24.4. The molecule has 1 atom stereocenters. The molecule has 86 valence electrons. The zero-order valence-electron chi connectivity index (χ0n) is 8.93. The molecule has 2 heterocycles. The van der Waals surface area contributed by atoms with E-state index in [4.69, 9.17) is 5.11 Å². The molecule has 0 bridgehead atoms. The molecule has 0 aliphatic carbocycles. The molecule has 6 nitrogen and oxygen atoms in total. The Morgan fingerprint density at radius 2 is 2.38 bits per heavy atom. The molecule has 1 saturated heterocycles. The molecule has 1 aromatic heterocycles. The Balaban J connectivity index is 2.22. The molecule has 6 heteroatoms. The predicted molar refractivity (Wildman–Crippen MR) is 55.0 cm³/mol. The maximum atomic E-state index is 12.0. The number of likely N-dealkylation sites (tertiary alicyclic amines) is 1. The molecule has 1 aromatic rings. The first-order chi connectivity index (χ1) is 7.61. The van der Waals surface area contributed by atoms with Gasteiger partial charge in [-0.25, -0.2) is 4.79 Å². The second-order valence-corrected chi connectivity index (χ2v) is 3.90. The summed E-state index contributed by atoms with van der Waals surface area (Å²) in [5.74, 6) is -1.19. The van der Waals surface area contributed by atoms with Crippen LogP contribution >= 0.6 is 0 Å². The van der Waals surface area contributed by atoms with E-state index < -0.39 is 12.0 Å². The van der Waals surface area contributed by atoms with E-state index in [1.807, 2.05) is 0 Å². The van der Waals surface area contributed by atoms with Gasteiger partial charge in [0.2, 0.25) is 0 Å². The van der Waals surface area contributed by atoms with Crippen molar-refractivity contribution in [3.05, 3.63) is 17.5 Å². The molecule has 1 fully saturated rings. The van der Waals surface area contributed by atoms with Gasteiger partial charge in [-0.1, -0.05) is 0 Å². The fourth-order valence-corrected chi connectivity index (χ4v) is 1.99. The van der Waals surface area contributed by atoms with Crippen LogP contribution in [0.1, 0.15) is 28.9 Å². The third kappa shape index (κ3) is 1.66. The van der Waals surface area contributed by atoms with Gasteiger partial charge in [0.05, 0.1) is 11.8 Å². The number of amides is 1. The minimum Gasteiger partial charge on any atom is -0.480 e. The van der Waals surface area contributed by atoms with Crippen LogP contribution in [0.15, 0.2) is 6.20 Å². The number of nitrogens with one attached hydrogen (secondary N) is 1. The summed E-state index contributed by atoms with van der Waals surface area (Å²) >= 11 is 0. The van der Waals surface area contributed by atoms with Crippen LogP contribution in [0.3, 0.4) is 0 Å². The number of hydrogen-bond acceptors (Lipinski definition) is 3. The molecular weight excluding hydrogens is 210 g/mol. The SMILES string of the molecule is Cc1[nH]ncc1C(=O)N1CCC[C@H]1C(=O)O. The maximum Gasteiger partial charge on any atom is 0.326 e. The Labute approximate surface area is 92.3 Å². The lowest BCUT2D eigenvalue weighted by atomic mass is 10.2. The number of carbonyl (C=O) groups excluding carboxylic acids is 1. The van der Waals surface area contributed by atoms with Crippen LogP contribution in [-0.4, -0.2) is 44.7 Å². The molecule has 2 rings (SSSR count). The number of H-pyrrole nitrogens is 1. The van der Waals surface area contributed by atoms with Gasteiger partial charge in [0.15, 0.2) is 0 Å². The van der Waals surface area contributed by atoms with Crippen molar-refractivity contribution in [3.8, 4) is 0 Å². The number of aryl methyl sites for hydroxylation is 1. The van der Waals surface area contributed by atoms with E-state index in [-0.39, 0.29) is 5.91 Å². The van der Waals surface area contributed by atoms with Crippen LogP contribution < -0.4 is 0 Å². The van der Waals surface area contributed by atoms with Gasteiger partial charge < -0.3 is 10.0 Å². The number of hydrogen-bond donors (Lipinski definition) is 2. The van der Waals surface area contributed by atoms with Gasteiger partial charge in [0.1, 0.15) is 6.04 Å². The first-order valence-corrected chi connectivity index (χ1v) is 5.15. The number of aliphatic carboxylic acids is 1. The second kappa shape index (κ2) is 3.96. The third-order valence-corrected chi connectivity index (χ3v) is 2.86. The summed E-state index contributed by atoms with van der Waals surface area (Å²) < 4.78 is 0. The van der Waals surface area contributed by atoms with Crippen molar-refractivity contribution in [3.63, 3.8) is 0 Å². The molecule has 2 N–H and O–H groups in total. The van der Waals surface area contributed by atoms with E-state index >= 15 is 0 Å². The van der Waals surface area contributed by atoms with Crippen LogP contribution in [0.25, 0.3) is 0 Å². The smallest absolute Gasteiger partial charge is 0.326 e. The highest BCUT2D eigenvalue weighted by atomic mass is 16.4. The average molecular weight is 223 g/mol. The Kier molecular flexibility index (Phi) is 2.64. The average Bonchev–Trinajstić information content (AvgIpc) is 2.84. The molecule has 0 saturated carbocycles. The van der Waals surface area contributed by atoms with Crippen LogP contribution in [0.2, 0.25) is 0 Å². The molecule has 0 spiro atoms. The summed E-state index contributed by atoms with van der Waals surface area (Å²) in [6.07, 6.45) is 2.70. The maximum absolute atomic E-state index is 12.0. The van der Waals surface area contributed by atoms with Crippen LogP contribution in [0, 0.1) is 6.92 Å². The third-order valence-electron chi connectivity index (χ3n) is 2.86. The molecule has 0 unspecified atom stereocenters. The minimum atomic E-state index is -0.938. The van der Waals surface area contributed by atoms with E-state index in [2.05, 4.69) is 10.2 Å². The van der Waals surface area contributed by atoms with Gasteiger partial charge in [-0.05, 0) is 19.8 Å². The standard InChI is InChI=1S/C10H13N3O3/c1-6-7(5-11-12-6)9(14)13-4-2-3-8(13)10(15)16/h5,8H,2-4H2,1H3,(H,11,12)(H,15,16)/t8-/m0/s1. The Morgan fingerprint density at radius 1 is 1.62 bits per heavy atom. The number of aromatic amines is 1. The van der Waals surface area contributed by atoms with E-state index in [0.29, 0.717) is 24.2 Å². The summed E-state index contributed by atoms with van der Waals surface area (Å²) in [6.45, 7) is 2.24. The number of nitrogens with zero attached hydrogens (tertiary/aromatic N) is 2. The first kappa shape index (κ1) is 10.7. The van der Waals surface area contributed by atoms with Crippen LogP contribution in [-0.2, 0) is 4.79 Å². The fourth-order valence-electron chi connectivity index (χ4n) is 1.99. The van der Waals surface area contributed by atoms with Crippen molar-refractivity contribution in [1.82, 2.24) is 15.1 Å². The van der Waals surface area contributed by atoms with Gasteiger partial charge in [0.25, 0.3) is 5.91 Å². The number of carboxylic acid groups (broad SMARTS) is 1. The van der Waals surface area contributed by atoms with Crippen LogP contribution in [0.4, 0.5) is 0 Å². The Hall–Kier alpha value is -1.85. The highest BCUT2D eigenvalue weighted by Crippen LogP contribution is 2.20. The summed E-state index contributed by atoms with van der Waals surface area (Å²) in [6, 6.07) is -0.693. The fraction of sp³-hybridized carbons (Fsp3) is 0.500. The number of rotatable bonds is 2. The molecular formula is C10H13N3O3. The molecule has 1 aliphatic heterocycles. The summed E-state index contributed by atoms with van der Waals surface area (Å²) in [7, 11) is 0. The zero-order chi connectivity index (χ0) is 11.7. The monoisotopic (exact) mass is 223 g/mol. The Morgan fingerprint density at radius 3 is 2.94 bits per heavy atom. The van der Waals surface area contributed by atoms with E-state index in [9.17, 15) is 9.59 Å². The largest absolute Gasteiger partial charge is 0.480 e. The van der Waals surface area contributed by atoms with Crippen molar-refractivity contribution < 1.29 is 14.7 Å². The molecule has 1 aliphatic rings. The number of aromatic nitrogens is 2. The number of carbonyl (C=O) groups is 2. The zero-order valence-corrected chi connectivity index (χ0v) is 8.93. The van der Waals surface area contributed by atoms with Gasteiger partial charge in [-0.2, -0.15) is 5.10 Å². The quantitative estimate of drug-likeness (QED) is 0.760. The first-order valence-electron chi connectivity index (χ1n) is 5.15. The normalized spacial score (nSPS) is 20.1. The predicted octanol–water partition coefficient (Wildman–Crippen LogP) is 0.407. The van der Waals surface area contributed by atoms with Gasteiger partial charge in [-0.15, -0.1) is 0 Å². The molecule has 1 amide bonds. The molecule has 0 radical (unpaired) electrons. The Bertz CT molecular complexity index is 427. The lowest BCUT2D eigenvalue weighted by molar-refractivity contribution is -0.141. The van der Waals surface area contributed by atoms with E-state index in [1.165, 1.54) is 11.1 Å². The minimum absolute atomic E-state index is 0.254. The van der Waals surface area contributed by atoms with Crippen molar-refractivity contribution in [1.29, 1.82) is 0 Å². The van der Waals surface area contributed by atoms with Crippen LogP contribution in [0.5, 0.6) is 0 Å². The molecule has 0 aromatic carbocycles. The lowest BCUT2D eigenvalue weighted by Crippen LogP contribution is -2.40. The van der Waals surface area contributed by atoms with Gasteiger partial charge in [0, 0.05) is 12.2 Å². The van der Waals surface area contributed by atoms with Crippen molar-refractivity contribution >= 4 is 11.9 Å². The van der Waals surface area contributed by atoms with Gasteiger partial charge in [-0.3, -0.25) is 9.89 Å². The van der Waals surface area contributed by atoms with Crippen molar-refractivity contribution in [2.45, 2.75) is 25.8 Å². The summed E-state index contributed by atoms with van der Waals surface area (Å²) in [5.41, 5.74) is 1.12. The summed E-state index contributed by atoms with van der Waals surface area (Å²) in [5, 5.41) is 15.4. The lowest BCUT2D eigenvalue weighted by Gasteiger charge is -2.20. The van der Waals surface area contributed by atoms with Crippen molar-refractivity contribution in [2.24, 2.45) is 0 Å². The number of carboxylic acids is 1. The second-order valence-electron chi connectivity index (χ2n) is 3.90. The highest BCUT2D eigenvalue weighted by molar-refractivity contribution is 5.97. The highest BCUT2D eigenvalue weighted by Gasteiger charge is 2.35.